The number of benzene rings is 1. The van der Waals surface area contributed by atoms with E-state index in [1.165, 1.54) is 0 Å². The van der Waals surface area contributed by atoms with Gasteiger partial charge in [0.2, 0.25) is 0 Å². The Morgan fingerprint density at radius 2 is 2.17 bits per heavy atom. The number of halogens is 2. The maximum Gasteiger partial charge on any atom is 0.350 e. The highest BCUT2D eigenvalue weighted by Gasteiger charge is 2.50. The summed E-state index contributed by atoms with van der Waals surface area (Å²) >= 11 is 0. The fraction of sp³-hybridized carbons (Fsp3) is 0.462. The highest BCUT2D eigenvalue weighted by Crippen LogP contribution is 2.41. The van der Waals surface area contributed by atoms with Gasteiger partial charge in [-0.05, 0) is 18.1 Å². The van der Waals surface area contributed by atoms with Gasteiger partial charge in [-0.3, -0.25) is 0 Å². The molecule has 2 atom stereocenters. The normalized spacial score (nSPS) is 31.2. The standard InChI is InChI=1S/C13H13F2NO2/c1-12(9-17-13(15,8-14)18-12)11-5-3-2-4-10(11)6-7-16/h2-5H,6,8-9H2,1H3. The molecule has 1 fully saturated rings. The molecule has 1 aliphatic heterocycles. The van der Waals surface area contributed by atoms with Crippen molar-refractivity contribution in [2.45, 2.75) is 25.0 Å². The Labute approximate surface area is 104 Å². The monoisotopic (exact) mass is 253 g/mol. The van der Waals surface area contributed by atoms with Gasteiger partial charge in [-0.1, -0.05) is 24.3 Å². The van der Waals surface area contributed by atoms with Crippen LogP contribution in [0.3, 0.4) is 0 Å². The van der Waals surface area contributed by atoms with Crippen LogP contribution in [-0.4, -0.2) is 19.3 Å². The second-order valence-electron chi connectivity index (χ2n) is 4.41. The first-order valence-electron chi connectivity index (χ1n) is 5.57. The third kappa shape index (κ3) is 2.22. The van der Waals surface area contributed by atoms with Gasteiger partial charge in [-0.2, -0.15) is 9.65 Å². The molecule has 0 aromatic heterocycles. The van der Waals surface area contributed by atoms with E-state index < -0.39 is 18.3 Å². The van der Waals surface area contributed by atoms with E-state index >= 15 is 0 Å². The Balaban J connectivity index is 2.35. The van der Waals surface area contributed by atoms with E-state index in [-0.39, 0.29) is 13.0 Å². The number of nitrogens with zero attached hydrogens (tertiary/aromatic N) is 1. The van der Waals surface area contributed by atoms with Crippen molar-refractivity contribution >= 4 is 0 Å². The van der Waals surface area contributed by atoms with Gasteiger partial charge in [0.05, 0.1) is 19.1 Å². The van der Waals surface area contributed by atoms with Crippen molar-refractivity contribution in [3.8, 4) is 6.07 Å². The predicted octanol–water partition coefficient (Wildman–Crippen LogP) is 2.61. The zero-order chi connectivity index (χ0) is 13.2. The minimum atomic E-state index is -2.69. The summed E-state index contributed by atoms with van der Waals surface area (Å²) in [6, 6.07) is 6.40. The lowest BCUT2D eigenvalue weighted by atomic mass is 9.91. The maximum absolute atomic E-state index is 13.7. The fourth-order valence-corrected chi connectivity index (χ4v) is 2.11. The van der Waals surface area contributed by atoms with Crippen molar-refractivity contribution < 1.29 is 18.3 Å². The topological polar surface area (TPSA) is 42.2 Å². The lowest BCUT2D eigenvalue weighted by molar-refractivity contribution is -0.280. The molecule has 2 unspecified atom stereocenters. The van der Waals surface area contributed by atoms with Crippen LogP contribution in [0.4, 0.5) is 8.78 Å². The molecular weight excluding hydrogens is 240 g/mol. The molecule has 1 saturated heterocycles. The summed E-state index contributed by atoms with van der Waals surface area (Å²) in [5.41, 5.74) is 0.308. The van der Waals surface area contributed by atoms with Crippen molar-refractivity contribution in [2.24, 2.45) is 0 Å². The largest absolute Gasteiger partial charge is 0.350 e. The van der Waals surface area contributed by atoms with Crippen molar-refractivity contribution in [1.29, 1.82) is 5.26 Å². The van der Waals surface area contributed by atoms with Gasteiger partial charge in [-0.25, -0.2) is 4.39 Å². The molecule has 0 N–H and O–H groups in total. The van der Waals surface area contributed by atoms with E-state index in [4.69, 9.17) is 14.7 Å². The molecule has 5 heteroatoms. The Morgan fingerprint density at radius 1 is 1.44 bits per heavy atom. The molecule has 96 valence electrons. The zero-order valence-corrected chi connectivity index (χ0v) is 9.95. The van der Waals surface area contributed by atoms with E-state index in [1.54, 1.807) is 31.2 Å². The molecule has 18 heavy (non-hydrogen) atoms. The van der Waals surface area contributed by atoms with Gasteiger partial charge < -0.3 is 9.47 Å². The summed E-state index contributed by atoms with van der Waals surface area (Å²) in [4.78, 5) is 0. The summed E-state index contributed by atoms with van der Waals surface area (Å²) in [5.74, 6) is 0. The summed E-state index contributed by atoms with van der Waals surface area (Å²) in [5, 5.41) is 8.76. The molecule has 0 radical (unpaired) electrons. The minimum absolute atomic E-state index is 0.0874. The molecule has 0 amide bonds. The lowest BCUT2D eigenvalue weighted by Crippen LogP contribution is -2.32. The SMILES string of the molecule is CC1(c2ccccc2CC#N)COC(F)(CF)O1. The van der Waals surface area contributed by atoms with Crippen molar-refractivity contribution in [2.75, 3.05) is 13.3 Å². The number of nitriles is 1. The Morgan fingerprint density at radius 3 is 2.78 bits per heavy atom. The summed E-state index contributed by atoms with van der Waals surface area (Å²) < 4.78 is 36.0. The van der Waals surface area contributed by atoms with Gasteiger partial charge in [0, 0.05) is 0 Å². The van der Waals surface area contributed by atoms with Crippen LogP contribution in [0.15, 0.2) is 24.3 Å². The third-order valence-electron chi connectivity index (χ3n) is 2.96. The smallest absolute Gasteiger partial charge is 0.318 e. The first-order chi connectivity index (χ1) is 8.53. The summed E-state index contributed by atoms with van der Waals surface area (Å²) in [6.45, 7) is 0.180. The quantitative estimate of drug-likeness (QED) is 0.831. The van der Waals surface area contributed by atoms with Crippen LogP contribution in [0.25, 0.3) is 0 Å². The molecular formula is C13H13F2NO2. The Bertz CT molecular complexity index is 488. The van der Waals surface area contributed by atoms with E-state index in [2.05, 4.69) is 0 Å². The van der Waals surface area contributed by atoms with E-state index in [0.29, 0.717) is 5.56 Å². The molecule has 0 spiro atoms. The Kier molecular flexibility index (Phi) is 3.33. The van der Waals surface area contributed by atoms with Crippen LogP contribution in [0, 0.1) is 11.3 Å². The first-order valence-corrected chi connectivity index (χ1v) is 5.57. The van der Waals surface area contributed by atoms with Crippen LogP contribution in [0.2, 0.25) is 0 Å². The van der Waals surface area contributed by atoms with Gasteiger partial charge >= 0.3 is 6.04 Å². The summed E-state index contributed by atoms with van der Waals surface area (Å²) in [7, 11) is 0. The van der Waals surface area contributed by atoms with Gasteiger partial charge in [0.1, 0.15) is 5.60 Å². The fourth-order valence-electron chi connectivity index (χ4n) is 2.11. The van der Waals surface area contributed by atoms with Gasteiger partial charge in [-0.15, -0.1) is 0 Å². The highest BCUT2D eigenvalue weighted by molar-refractivity contribution is 5.34. The maximum atomic E-state index is 13.7. The first kappa shape index (κ1) is 12.9. The molecule has 1 aromatic rings. The van der Waals surface area contributed by atoms with Crippen molar-refractivity contribution in [3.63, 3.8) is 0 Å². The lowest BCUT2D eigenvalue weighted by Gasteiger charge is -2.25. The molecule has 1 heterocycles. The van der Waals surface area contributed by atoms with Gasteiger partial charge in [0.25, 0.3) is 0 Å². The van der Waals surface area contributed by atoms with E-state index in [9.17, 15) is 8.78 Å². The summed E-state index contributed by atoms with van der Waals surface area (Å²) in [6.07, 6.45) is 0.185. The highest BCUT2D eigenvalue weighted by atomic mass is 19.2. The number of hydrogen-bond acceptors (Lipinski definition) is 3. The van der Waals surface area contributed by atoms with Crippen molar-refractivity contribution in [3.05, 3.63) is 35.4 Å². The third-order valence-corrected chi connectivity index (χ3v) is 2.96. The molecule has 3 nitrogen and oxygen atoms in total. The number of hydrogen-bond donors (Lipinski definition) is 0. The molecule has 1 aromatic carbocycles. The number of ether oxygens (including phenoxy) is 2. The zero-order valence-electron chi connectivity index (χ0n) is 9.95. The van der Waals surface area contributed by atoms with Gasteiger partial charge in [0.15, 0.2) is 6.67 Å². The molecule has 1 aliphatic rings. The Hall–Kier alpha value is -1.51. The van der Waals surface area contributed by atoms with E-state index in [0.717, 1.165) is 5.56 Å². The van der Waals surface area contributed by atoms with Crippen LogP contribution in [-0.2, 0) is 21.5 Å². The molecule has 0 saturated carbocycles. The minimum Gasteiger partial charge on any atom is -0.318 e. The van der Waals surface area contributed by atoms with Crippen LogP contribution in [0.5, 0.6) is 0 Å². The van der Waals surface area contributed by atoms with E-state index in [1.807, 2.05) is 6.07 Å². The molecule has 0 aliphatic carbocycles. The second-order valence-corrected chi connectivity index (χ2v) is 4.41. The molecule has 0 bridgehead atoms. The average molecular weight is 253 g/mol. The number of alkyl halides is 2. The average Bonchev–Trinajstić information content (AvgIpc) is 2.69. The van der Waals surface area contributed by atoms with Crippen LogP contribution < -0.4 is 0 Å². The van der Waals surface area contributed by atoms with Crippen LogP contribution >= 0.6 is 0 Å². The number of rotatable bonds is 3. The second kappa shape index (κ2) is 4.63. The van der Waals surface area contributed by atoms with Crippen molar-refractivity contribution in [1.82, 2.24) is 0 Å². The predicted molar refractivity (Wildman–Crippen MR) is 60.0 cm³/mol. The van der Waals surface area contributed by atoms with Crippen LogP contribution in [0.1, 0.15) is 18.1 Å². The molecule has 2 rings (SSSR count).